The van der Waals surface area contributed by atoms with Gasteiger partial charge in [0.2, 0.25) is 0 Å². The van der Waals surface area contributed by atoms with Crippen molar-refractivity contribution in [2.45, 2.75) is 78.9 Å². The van der Waals surface area contributed by atoms with E-state index in [2.05, 4.69) is 11.6 Å². The van der Waals surface area contributed by atoms with Gasteiger partial charge < -0.3 is 5.32 Å². The highest BCUT2D eigenvalue weighted by Crippen LogP contribution is 2.64. The maximum absolute atomic E-state index is 13.8. The van der Waals surface area contributed by atoms with E-state index in [0.717, 1.165) is 11.7 Å². The lowest BCUT2D eigenvalue weighted by atomic mass is 9.89. The van der Waals surface area contributed by atoms with Gasteiger partial charge in [0.25, 0.3) is 5.91 Å². The summed E-state index contributed by atoms with van der Waals surface area (Å²) >= 11 is 3.43. The van der Waals surface area contributed by atoms with Crippen molar-refractivity contribution in [3.05, 3.63) is 11.6 Å². The number of rotatable bonds is 11. The molecule has 0 saturated carbocycles. The summed E-state index contributed by atoms with van der Waals surface area (Å²) in [7, 11) is 0. The number of hydrogen-bond acceptors (Lipinski definition) is 1. The summed E-state index contributed by atoms with van der Waals surface area (Å²) in [5.74, 6) is -60.1. The summed E-state index contributed by atoms with van der Waals surface area (Å²) < 4.78 is 214. The zero-order chi connectivity index (χ0) is 28.8. The van der Waals surface area contributed by atoms with Crippen LogP contribution in [0.4, 0.5) is 70.2 Å². The van der Waals surface area contributed by atoms with Crippen molar-refractivity contribution in [1.82, 2.24) is 5.32 Å². The summed E-state index contributed by atoms with van der Waals surface area (Å²) in [4.78, 5) is 11.4. The van der Waals surface area contributed by atoms with Crippen LogP contribution in [-0.2, 0) is 4.79 Å². The van der Waals surface area contributed by atoms with Crippen LogP contribution in [0.5, 0.6) is 0 Å². The fourth-order valence-electron chi connectivity index (χ4n) is 2.89. The largest absolute Gasteiger partial charge is 0.393 e. The Morgan fingerprint density at radius 3 is 1.50 bits per heavy atom. The van der Waals surface area contributed by atoms with Gasteiger partial charge in [-0.05, 0) is 43.7 Å². The Balaban J connectivity index is 3.33. The molecule has 0 bridgehead atoms. The van der Waals surface area contributed by atoms with Gasteiger partial charge in [0.05, 0.1) is 0 Å². The van der Waals surface area contributed by atoms with E-state index in [-0.39, 0.29) is 6.42 Å². The number of carbonyl (C=O) groups excluding carboxylic acids is 1. The van der Waals surface area contributed by atoms with E-state index in [1.807, 2.05) is 0 Å². The van der Waals surface area contributed by atoms with Crippen LogP contribution in [0, 0.1) is 0 Å². The number of hydrogen-bond donors (Lipinski definition) is 1. The average Bonchev–Trinajstić information content (AvgIpc) is 2.72. The summed E-state index contributed by atoms with van der Waals surface area (Å²) in [6.07, 6.45) is 3.43. The van der Waals surface area contributed by atoms with E-state index in [4.69, 9.17) is 0 Å². The van der Waals surface area contributed by atoms with E-state index >= 15 is 0 Å². The number of alkyl halides is 17. The summed E-state index contributed by atoms with van der Waals surface area (Å²) in [5.41, 5.74) is 0.493. The highest BCUT2D eigenvalue weighted by Gasteiger charge is 2.95. The van der Waals surface area contributed by atoms with Crippen LogP contribution < -0.4 is 5.32 Å². The van der Waals surface area contributed by atoms with Crippen molar-refractivity contribution >= 4 is 17.5 Å². The minimum Gasteiger partial charge on any atom is -0.350 e. The molecule has 19 heteroatoms. The molecule has 0 fully saturated rings. The standard InChI is InChI=1S/C17H14ClF16NO/c18-17(33,34)16(31,32)15(29,30)14(27,28)13(25,26)12(23,24)11(21,22)10(19,20)9(36)35-7-6-8-4-2-1-3-5-8/h4H,1-3,5-7H2,(H,35,36). The van der Waals surface area contributed by atoms with Crippen LogP contribution in [0.1, 0.15) is 32.1 Å². The van der Waals surface area contributed by atoms with Gasteiger partial charge in [0.15, 0.2) is 0 Å². The molecule has 1 rings (SSSR count). The fourth-order valence-corrected chi connectivity index (χ4v) is 3.00. The van der Waals surface area contributed by atoms with Crippen molar-refractivity contribution in [2.75, 3.05) is 6.54 Å². The third kappa shape index (κ3) is 4.81. The number of halogens is 17. The minimum atomic E-state index is -8.59. The van der Waals surface area contributed by atoms with Crippen molar-refractivity contribution in [1.29, 1.82) is 0 Å². The molecule has 1 aliphatic carbocycles. The Morgan fingerprint density at radius 1 is 0.694 bits per heavy atom. The van der Waals surface area contributed by atoms with Gasteiger partial charge in [-0.2, -0.15) is 70.2 Å². The monoisotopic (exact) mass is 587 g/mol. The quantitative estimate of drug-likeness (QED) is 0.154. The molecule has 212 valence electrons. The molecule has 0 unspecified atom stereocenters. The van der Waals surface area contributed by atoms with Crippen molar-refractivity contribution in [3.8, 4) is 0 Å². The van der Waals surface area contributed by atoms with Crippen LogP contribution in [0.25, 0.3) is 0 Å². The van der Waals surface area contributed by atoms with E-state index in [9.17, 15) is 75.0 Å². The van der Waals surface area contributed by atoms with Gasteiger partial charge >= 0.3 is 46.8 Å². The molecule has 0 radical (unpaired) electrons. The number of amides is 1. The van der Waals surface area contributed by atoms with E-state index in [0.29, 0.717) is 24.8 Å². The molecule has 0 atom stereocenters. The first kappa shape index (κ1) is 32.4. The molecule has 1 aliphatic rings. The zero-order valence-electron chi connectivity index (χ0n) is 17.2. The van der Waals surface area contributed by atoms with Crippen LogP contribution in [0.15, 0.2) is 11.6 Å². The Bertz CT molecular complexity index is 848. The maximum atomic E-state index is 13.8. The lowest BCUT2D eigenvalue weighted by Gasteiger charge is -2.42. The molecule has 36 heavy (non-hydrogen) atoms. The molecule has 0 aliphatic heterocycles. The van der Waals surface area contributed by atoms with E-state index in [1.165, 1.54) is 0 Å². The van der Waals surface area contributed by atoms with Crippen LogP contribution in [-0.4, -0.2) is 59.3 Å². The smallest absolute Gasteiger partial charge is 0.350 e. The first-order valence-electron chi connectivity index (χ1n) is 9.42. The zero-order valence-corrected chi connectivity index (χ0v) is 17.9. The first-order chi connectivity index (χ1) is 15.7. The molecule has 0 aromatic heterocycles. The second kappa shape index (κ2) is 9.60. The summed E-state index contributed by atoms with van der Waals surface area (Å²) in [5, 5.41) is -5.89. The van der Waals surface area contributed by atoms with Gasteiger partial charge in [0.1, 0.15) is 0 Å². The van der Waals surface area contributed by atoms with E-state index < -0.39 is 59.3 Å². The molecule has 1 amide bonds. The molecule has 0 aromatic carbocycles. The van der Waals surface area contributed by atoms with Gasteiger partial charge in [-0.15, -0.1) is 0 Å². The normalized spacial score (nSPS) is 17.6. The SMILES string of the molecule is O=C(NCCC1=CCCCC1)C(F)(F)C(F)(F)C(F)(F)C(F)(F)C(F)(F)C(F)(F)C(F)(F)C(F)(F)Cl. The number of carbonyl (C=O) groups is 1. The van der Waals surface area contributed by atoms with Crippen LogP contribution in [0.2, 0.25) is 0 Å². The van der Waals surface area contributed by atoms with Gasteiger partial charge in [-0.3, -0.25) is 4.79 Å². The lowest BCUT2D eigenvalue weighted by Crippen LogP contribution is -2.75. The summed E-state index contributed by atoms with van der Waals surface area (Å²) in [6.45, 7) is -0.969. The third-order valence-corrected chi connectivity index (χ3v) is 5.36. The predicted octanol–water partition coefficient (Wildman–Crippen LogP) is 7.27. The molecule has 0 spiro atoms. The lowest BCUT2D eigenvalue weighted by molar-refractivity contribution is -0.446. The molecule has 0 aromatic rings. The van der Waals surface area contributed by atoms with Crippen molar-refractivity contribution < 1.29 is 75.0 Å². The topological polar surface area (TPSA) is 29.1 Å². The molecular formula is C17H14ClF16NO. The number of allylic oxidation sites excluding steroid dienone is 1. The van der Waals surface area contributed by atoms with E-state index in [1.54, 1.807) is 6.08 Å². The third-order valence-electron chi connectivity index (χ3n) is 5.12. The van der Waals surface area contributed by atoms with Crippen molar-refractivity contribution in [3.63, 3.8) is 0 Å². The molecular weight excluding hydrogens is 574 g/mol. The van der Waals surface area contributed by atoms with Gasteiger partial charge in [-0.25, -0.2) is 0 Å². The van der Waals surface area contributed by atoms with Crippen molar-refractivity contribution in [2.24, 2.45) is 0 Å². The highest BCUT2D eigenvalue weighted by molar-refractivity contribution is 6.22. The predicted molar refractivity (Wildman–Crippen MR) is 89.6 cm³/mol. The maximum Gasteiger partial charge on any atom is 0.393 e. The molecule has 0 saturated heterocycles. The van der Waals surface area contributed by atoms with Crippen LogP contribution in [0.3, 0.4) is 0 Å². The first-order valence-corrected chi connectivity index (χ1v) is 9.80. The Hall–Kier alpha value is -1.62. The Morgan fingerprint density at radius 2 is 1.11 bits per heavy atom. The minimum absolute atomic E-state index is 0.314. The second-order valence-corrected chi connectivity index (χ2v) is 8.11. The second-order valence-electron chi connectivity index (χ2n) is 7.63. The molecule has 1 N–H and O–H groups in total. The van der Waals surface area contributed by atoms with Crippen LogP contribution >= 0.6 is 11.6 Å². The number of nitrogens with one attached hydrogen (secondary N) is 1. The molecule has 2 nitrogen and oxygen atoms in total. The average molecular weight is 588 g/mol. The van der Waals surface area contributed by atoms with Gasteiger partial charge in [-0.1, -0.05) is 11.6 Å². The molecule has 0 heterocycles. The summed E-state index contributed by atoms with van der Waals surface area (Å²) in [6, 6.07) is 0. The Labute approximate surface area is 196 Å². The highest BCUT2D eigenvalue weighted by atomic mass is 35.5. The Kier molecular flexibility index (Phi) is 8.64. The van der Waals surface area contributed by atoms with Gasteiger partial charge in [0, 0.05) is 6.54 Å². The fraction of sp³-hybridized carbons (Fsp3) is 0.824.